The molecule has 5 heterocycles. The molecule has 19 heteroatoms. The maximum Gasteiger partial charge on any atom is 0.187 e. The molecule has 64 heavy (non-hydrogen) atoms. The van der Waals surface area contributed by atoms with Crippen molar-refractivity contribution in [3.8, 4) is 0 Å². The van der Waals surface area contributed by atoms with Crippen LogP contribution in [0.4, 0.5) is 0 Å². The van der Waals surface area contributed by atoms with Gasteiger partial charge in [0.15, 0.2) is 24.7 Å². The maximum atomic E-state index is 14.6. The standard InChI is InChI=1S/C45H72O19/c1-18-7-10-45(57-17-18)19(2)30-25(64-45)12-24-22-6-5-20-11-21(8-9-43(20,3)23(22)13-29(49)44(24,30)4)58-40-36(55)33(52)38(27(15-47)60-40)63-42-37(56)34(53)39(28(16-48)61-42)62-41-35(54)32(51)31(50)26(14-46)59-41/h18-28,30-42,46-48,50-56H,5-17H2,1-4H3/t18-,19+,20+,21-,22-,23+,24+,25+,26+,27+,28+,30+,31+,32-,33+,34+,35+,36+,37+,38-,39+,40+,41-,42-,43+,44-,45-/m1/s1. The monoisotopic (exact) mass is 916 g/mol. The van der Waals surface area contributed by atoms with Crippen LogP contribution in [0.3, 0.4) is 0 Å². The second-order valence-corrected chi connectivity index (χ2v) is 21.4. The Balaban J connectivity index is 0.811. The van der Waals surface area contributed by atoms with Gasteiger partial charge in [-0.15, -0.1) is 0 Å². The molecule has 5 saturated heterocycles. The minimum atomic E-state index is -1.92. The van der Waals surface area contributed by atoms with E-state index in [1.54, 1.807) is 0 Å². The highest BCUT2D eigenvalue weighted by atomic mass is 16.8. The molecule has 0 aromatic rings. The molecule has 9 rings (SSSR count). The zero-order valence-electron chi connectivity index (χ0n) is 37.2. The van der Waals surface area contributed by atoms with E-state index in [0.29, 0.717) is 43.5 Å². The van der Waals surface area contributed by atoms with E-state index in [2.05, 4.69) is 27.7 Å². The average Bonchev–Trinajstić information content (AvgIpc) is 3.73. The molecule has 0 radical (unpaired) electrons. The Hall–Kier alpha value is -1.05. The van der Waals surface area contributed by atoms with E-state index < -0.39 is 123 Å². The normalized spacial score (nSPS) is 57.5. The molecule has 27 atom stereocenters. The van der Waals surface area contributed by atoms with Crippen molar-refractivity contribution in [1.29, 1.82) is 0 Å². The SMILES string of the molecule is C[C@@H]1CC[C@@]2(OC1)O[C@H]1C[C@H]3[C@@H]4CC[C@H]5C[C@H](O[C@H]6O[C@@H](CO)[C@@H](O[C@H]7O[C@@H](CO)[C@H](O[C@H]8O[C@@H](CO)[C@H](O)[C@@H](O)[C@@H]8O)[C@@H](O)[C@@H]7O)[C@@H](O)[C@@H]6O)CC[C@]5(C)[C@H]4CC(=O)[C@]3(C)[C@H]1[C@@H]2C. The average molecular weight is 917 g/mol. The first-order valence-electron chi connectivity index (χ1n) is 23.8. The zero-order valence-corrected chi connectivity index (χ0v) is 37.2. The van der Waals surface area contributed by atoms with E-state index in [0.717, 1.165) is 38.5 Å². The van der Waals surface area contributed by atoms with Crippen molar-refractivity contribution in [2.24, 2.45) is 52.3 Å². The Bertz CT molecular complexity index is 1640. The molecule has 10 N–H and O–H groups in total. The van der Waals surface area contributed by atoms with Crippen LogP contribution in [0.5, 0.6) is 0 Å². The molecule has 9 aliphatic rings. The van der Waals surface area contributed by atoms with Crippen LogP contribution in [0.1, 0.15) is 85.5 Å². The molecule has 366 valence electrons. The minimum absolute atomic E-state index is 0.0187. The van der Waals surface area contributed by atoms with Gasteiger partial charge in [-0.3, -0.25) is 4.79 Å². The van der Waals surface area contributed by atoms with Crippen LogP contribution in [-0.2, 0) is 42.7 Å². The number of aliphatic hydroxyl groups is 10. The van der Waals surface area contributed by atoms with Crippen molar-refractivity contribution in [2.75, 3.05) is 26.4 Å². The van der Waals surface area contributed by atoms with Crippen molar-refractivity contribution in [1.82, 2.24) is 0 Å². The summed E-state index contributed by atoms with van der Waals surface area (Å²) in [5, 5.41) is 106. The van der Waals surface area contributed by atoms with E-state index in [1.807, 2.05) is 0 Å². The summed E-state index contributed by atoms with van der Waals surface area (Å²) in [7, 11) is 0. The smallest absolute Gasteiger partial charge is 0.187 e. The Morgan fingerprint density at radius 3 is 1.80 bits per heavy atom. The molecule has 4 saturated carbocycles. The number of fused-ring (bicyclic) bond motifs is 7. The predicted molar refractivity (Wildman–Crippen MR) is 216 cm³/mol. The van der Waals surface area contributed by atoms with Gasteiger partial charge in [0.05, 0.1) is 38.6 Å². The highest BCUT2D eigenvalue weighted by molar-refractivity contribution is 5.87. The summed E-state index contributed by atoms with van der Waals surface area (Å²) in [6.45, 7) is 7.45. The lowest BCUT2D eigenvalue weighted by atomic mass is 9.44. The van der Waals surface area contributed by atoms with Gasteiger partial charge in [0.2, 0.25) is 0 Å². The van der Waals surface area contributed by atoms with Crippen LogP contribution in [0.25, 0.3) is 0 Å². The summed E-state index contributed by atoms with van der Waals surface area (Å²) >= 11 is 0. The van der Waals surface area contributed by atoms with Gasteiger partial charge < -0.3 is 89.0 Å². The molecule has 0 amide bonds. The van der Waals surface area contributed by atoms with E-state index in [-0.39, 0.29) is 47.2 Å². The summed E-state index contributed by atoms with van der Waals surface area (Å²) in [6.07, 6.45) is -17.4. The summed E-state index contributed by atoms with van der Waals surface area (Å²) in [5.41, 5.74) is -0.539. The number of carbonyl (C=O) groups is 1. The third-order valence-corrected chi connectivity index (χ3v) is 18.1. The summed E-state index contributed by atoms with van der Waals surface area (Å²) < 4.78 is 48.3. The van der Waals surface area contributed by atoms with Gasteiger partial charge >= 0.3 is 0 Å². The van der Waals surface area contributed by atoms with Crippen molar-refractivity contribution in [2.45, 2.75) is 196 Å². The molecule has 9 fully saturated rings. The fraction of sp³-hybridized carbons (Fsp3) is 0.978. The van der Waals surface area contributed by atoms with Gasteiger partial charge in [-0.2, -0.15) is 0 Å². The number of rotatable bonds is 9. The van der Waals surface area contributed by atoms with Crippen LogP contribution in [0.15, 0.2) is 0 Å². The van der Waals surface area contributed by atoms with Crippen molar-refractivity contribution in [3.05, 3.63) is 0 Å². The van der Waals surface area contributed by atoms with Gasteiger partial charge in [0, 0.05) is 30.1 Å². The first kappa shape index (κ1) is 48.0. The quantitative estimate of drug-likeness (QED) is 0.117. The molecule has 0 aromatic heterocycles. The van der Waals surface area contributed by atoms with Crippen LogP contribution in [0, 0.1) is 52.3 Å². The molecular weight excluding hydrogens is 844 g/mol. The fourth-order valence-electron chi connectivity index (χ4n) is 14.4. The summed E-state index contributed by atoms with van der Waals surface area (Å²) in [4.78, 5) is 14.6. The number of hydrogen-bond acceptors (Lipinski definition) is 19. The molecule has 1 spiro atoms. The lowest BCUT2D eigenvalue weighted by Gasteiger charge is -2.60. The van der Waals surface area contributed by atoms with E-state index in [4.69, 9.17) is 37.9 Å². The highest BCUT2D eigenvalue weighted by Gasteiger charge is 2.72. The molecule has 4 aliphatic carbocycles. The van der Waals surface area contributed by atoms with E-state index in [1.165, 1.54) is 0 Å². The number of Topliss-reactive ketones (excluding diaryl/α,β-unsaturated/α-hetero) is 1. The van der Waals surface area contributed by atoms with Gasteiger partial charge in [0.1, 0.15) is 79.0 Å². The Morgan fingerprint density at radius 2 is 1.22 bits per heavy atom. The topological polar surface area (TPSA) is 293 Å². The molecule has 0 aromatic carbocycles. The van der Waals surface area contributed by atoms with Crippen molar-refractivity contribution >= 4 is 5.78 Å². The van der Waals surface area contributed by atoms with Gasteiger partial charge in [-0.25, -0.2) is 0 Å². The second kappa shape index (κ2) is 18.0. The van der Waals surface area contributed by atoms with Crippen molar-refractivity contribution in [3.63, 3.8) is 0 Å². The summed E-state index contributed by atoms with van der Waals surface area (Å²) in [5.74, 6) is 1.71. The second-order valence-electron chi connectivity index (χ2n) is 21.4. The Kier molecular flexibility index (Phi) is 13.5. The third kappa shape index (κ3) is 7.67. The third-order valence-electron chi connectivity index (χ3n) is 18.1. The molecule has 0 unspecified atom stereocenters. The maximum absolute atomic E-state index is 14.6. The number of aliphatic hydroxyl groups excluding tert-OH is 10. The first-order valence-corrected chi connectivity index (χ1v) is 23.8. The largest absolute Gasteiger partial charge is 0.394 e. The minimum Gasteiger partial charge on any atom is -0.394 e. The van der Waals surface area contributed by atoms with Crippen LogP contribution in [0.2, 0.25) is 0 Å². The van der Waals surface area contributed by atoms with Crippen LogP contribution in [-0.4, -0.2) is 193 Å². The van der Waals surface area contributed by atoms with E-state index >= 15 is 0 Å². The zero-order chi connectivity index (χ0) is 45.8. The Morgan fingerprint density at radius 1 is 0.641 bits per heavy atom. The summed E-state index contributed by atoms with van der Waals surface area (Å²) in [6, 6.07) is 0. The highest BCUT2D eigenvalue weighted by Crippen LogP contribution is 2.70. The van der Waals surface area contributed by atoms with E-state index in [9.17, 15) is 55.9 Å². The predicted octanol–water partition coefficient (Wildman–Crippen LogP) is -1.55. The molecule has 19 nitrogen and oxygen atoms in total. The fourth-order valence-corrected chi connectivity index (χ4v) is 14.4. The number of ketones is 1. The lowest BCUT2D eigenvalue weighted by Crippen LogP contribution is -2.66. The number of ether oxygens (including phenoxy) is 8. The molecule has 5 aliphatic heterocycles. The van der Waals surface area contributed by atoms with Gasteiger partial charge in [-0.05, 0) is 80.0 Å². The lowest BCUT2D eigenvalue weighted by molar-refractivity contribution is -0.381. The Labute approximate surface area is 373 Å². The number of hydrogen-bond donors (Lipinski definition) is 10. The number of carbonyl (C=O) groups excluding carboxylic acids is 1. The van der Waals surface area contributed by atoms with Gasteiger partial charge in [0.25, 0.3) is 0 Å². The molecular formula is C45H72O19. The first-order chi connectivity index (χ1) is 30.4. The van der Waals surface area contributed by atoms with Crippen LogP contribution >= 0.6 is 0 Å². The molecule has 0 bridgehead atoms. The van der Waals surface area contributed by atoms with Gasteiger partial charge in [-0.1, -0.05) is 27.7 Å². The van der Waals surface area contributed by atoms with Crippen LogP contribution < -0.4 is 0 Å². The van der Waals surface area contributed by atoms with Crippen molar-refractivity contribution < 1.29 is 93.8 Å².